The smallest absolute Gasteiger partial charge is 0.272 e. The number of likely N-dealkylation sites (N-methyl/N-ethyl adjacent to an activating group) is 1. The second-order valence-corrected chi connectivity index (χ2v) is 5.53. The summed E-state index contributed by atoms with van der Waals surface area (Å²) in [5.74, 6) is 0. The van der Waals surface area contributed by atoms with Crippen molar-refractivity contribution in [3.05, 3.63) is 35.2 Å². The van der Waals surface area contributed by atoms with Crippen LogP contribution < -0.4 is 5.32 Å². The van der Waals surface area contributed by atoms with Crippen molar-refractivity contribution in [2.24, 2.45) is 0 Å². The lowest BCUT2D eigenvalue weighted by atomic mass is 9.87. The molecule has 0 bridgehead atoms. The molecule has 2 nitrogen and oxygen atoms in total. The van der Waals surface area contributed by atoms with Gasteiger partial charge in [-0.1, -0.05) is 13.0 Å². The summed E-state index contributed by atoms with van der Waals surface area (Å²) >= 11 is 1.55. The van der Waals surface area contributed by atoms with Crippen LogP contribution in [0.3, 0.4) is 0 Å². The van der Waals surface area contributed by atoms with Gasteiger partial charge >= 0.3 is 0 Å². The highest BCUT2D eigenvalue weighted by Gasteiger charge is 2.44. The number of halogens is 2. The summed E-state index contributed by atoms with van der Waals surface area (Å²) in [6, 6.07) is 6.15. The third kappa shape index (κ3) is 2.50. The Bertz CT molecular complexity index is 557. The summed E-state index contributed by atoms with van der Waals surface area (Å²) in [7, 11) is 0. The molecular formula is C14H17F2NOS. The fourth-order valence-corrected chi connectivity index (χ4v) is 3.01. The Hall–Kier alpha value is -1.04. The molecule has 0 saturated carbocycles. The molecule has 5 heteroatoms. The SMILES string of the molecule is CCNC(C)C(O)(c1ccc2sccc2c1)C(F)F. The maximum atomic E-state index is 13.4. The molecule has 0 radical (unpaired) electrons. The van der Waals surface area contributed by atoms with Gasteiger partial charge in [0.1, 0.15) is 0 Å². The minimum atomic E-state index is -2.85. The molecule has 2 atom stereocenters. The van der Waals surface area contributed by atoms with Crippen LogP contribution in [0.5, 0.6) is 0 Å². The largest absolute Gasteiger partial charge is 0.378 e. The second-order valence-electron chi connectivity index (χ2n) is 4.58. The monoisotopic (exact) mass is 285 g/mol. The van der Waals surface area contributed by atoms with Crippen molar-refractivity contribution in [3.8, 4) is 0 Å². The van der Waals surface area contributed by atoms with Gasteiger partial charge in [-0.15, -0.1) is 11.3 Å². The van der Waals surface area contributed by atoms with Gasteiger partial charge in [0.05, 0.1) is 0 Å². The molecule has 2 N–H and O–H groups in total. The summed E-state index contributed by atoms with van der Waals surface area (Å²) in [4.78, 5) is 0. The van der Waals surface area contributed by atoms with Gasteiger partial charge in [-0.3, -0.25) is 0 Å². The maximum Gasteiger partial charge on any atom is 0.272 e. The van der Waals surface area contributed by atoms with Gasteiger partial charge in [0.25, 0.3) is 6.43 Å². The molecule has 2 rings (SSSR count). The number of aliphatic hydroxyl groups is 1. The predicted molar refractivity (Wildman–Crippen MR) is 74.9 cm³/mol. The molecule has 0 fully saturated rings. The summed E-state index contributed by atoms with van der Waals surface area (Å²) in [5, 5.41) is 16.1. The van der Waals surface area contributed by atoms with Gasteiger partial charge in [-0.05, 0) is 48.0 Å². The molecule has 2 aromatic rings. The highest BCUT2D eigenvalue weighted by atomic mass is 32.1. The van der Waals surface area contributed by atoms with E-state index in [1.807, 2.05) is 18.4 Å². The first-order valence-electron chi connectivity index (χ1n) is 6.21. The van der Waals surface area contributed by atoms with E-state index in [9.17, 15) is 13.9 Å². The minimum Gasteiger partial charge on any atom is -0.378 e. The maximum absolute atomic E-state index is 13.4. The number of benzene rings is 1. The number of alkyl halides is 2. The zero-order valence-corrected chi connectivity index (χ0v) is 11.7. The topological polar surface area (TPSA) is 32.3 Å². The van der Waals surface area contributed by atoms with E-state index in [0.717, 1.165) is 10.1 Å². The van der Waals surface area contributed by atoms with Crippen LogP contribution in [0.2, 0.25) is 0 Å². The van der Waals surface area contributed by atoms with E-state index in [2.05, 4.69) is 5.32 Å². The fraction of sp³-hybridized carbons (Fsp3) is 0.429. The molecule has 2 unspecified atom stereocenters. The normalized spacial score (nSPS) is 16.7. The van der Waals surface area contributed by atoms with Gasteiger partial charge in [0.2, 0.25) is 0 Å². The number of hydrogen-bond donors (Lipinski definition) is 2. The standard InChI is InChI=1S/C14H17F2NOS/c1-3-17-9(2)14(18,13(15)16)11-4-5-12-10(8-11)6-7-19-12/h4-9,13,17-18H,3H2,1-2H3. The van der Waals surface area contributed by atoms with Gasteiger partial charge in [0.15, 0.2) is 5.60 Å². The lowest BCUT2D eigenvalue weighted by Gasteiger charge is -2.34. The Labute approximate surface area is 115 Å². The molecule has 0 spiro atoms. The molecule has 1 aromatic carbocycles. The van der Waals surface area contributed by atoms with Crippen molar-refractivity contribution in [3.63, 3.8) is 0 Å². The number of rotatable bonds is 5. The molecule has 104 valence electrons. The molecule has 1 aromatic heterocycles. The van der Waals surface area contributed by atoms with Crippen molar-refractivity contribution in [2.45, 2.75) is 31.9 Å². The van der Waals surface area contributed by atoms with Crippen molar-refractivity contribution < 1.29 is 13.9 Å². The summed E-state index contributed by atoms with van der Waals surface area (Å²) in [5.41, 5.74) is -1.92. The molecule has 19 heavy (non-hydrogen) atoms. The van der Waals surface area contributed by atoms with Crippen LogP contribution in [0.4, 0.5) is 8.78 Å². The van der Waals surface area contributed by atoms with Crippen LogP contribution in [-0.4, -0.2) is 24.1 Å². The average molecular weight is 285 g/mol. The Morgan fingerprint density at radius 1 is 1.37 bits per heavy atom. The third-order valence-corrected chi connectivity index (χ3v) is 4.32. The van der Waals surface area contributed by atoms with Crippen molar-refractivity contribution in [1.82, 2.24) is 5.32 Å². The first kappa shape index (κ1) is 14.4. The van der Waals surface area contributed by atoms with E-state index >= 15 is 0 Å². The van der Waals surface area contributed by atoms with Crippen LogP contribution in [0.25, 0.3) is 10.1 Å². The number of thiophene rings is 1. The first-order valence-corrected chi connectivity index (χ1v) is 7.09. The lowest BCUT2D eigenvalue weighted by Crippen LogP contribution is -2.51. The Morgan fingerprint density at radius 2 is 2.11 bits per heavy atom. The number of hydrogen-bond acceptors (Lipinski definition) is 3. The first-order chi connectivity index (χ1) is 9.00. The van der Waals surface area contributed by atoms with Crippen LogP contribution in [0.1, 0.15) is 19.4 Å². The van der Waals surface area contributed by atoms with Crippen LogP contribution in [0, 0.1) is 0 Å². The van der Waals surface area contributed by atoms with E-state index in [1.54, 1.807) is 36.5 Å². The van der Waals surface area contributed by atoms with Gasteiger partial charge < -0.3 is 10.4 Å². The lowest BCUT2D eigenvalue weighted by molar-refractivity contribution is -0.121. The summed E-state index contributed by atoms with van der Waals surface area (Å²) in [6.45, 7) is 3.93. The van der Waals surface area contributed by atoms with E-state index in [4.69, 9.17) is 0 Å². The van der Waals surface area contributed by atoms with Crippen LogP contribution in [0.15, 0.2) is 29.6 Å². The fourth-order valence-electron chi connectivity index (χ4n) is 2.24. The zero-order valence-electron chi connectivity index (χ0n) is 10.9. The highest BCUT2D eigenvalue weighted by Crippen LogP contribution is 2.34. The van der Waals surface area contributed by atoms with Gasteiger partial charge in [0, 0.05) is 10.7 Å². The molecular weight excluding hydrogens is 268 g/mol. The number of nitrogens with one attached hydrogen (secondary N) is 1. The Kier molecular flexibility index (Phi) is 4.18. The predicted octanol–water partition coefficient (Wildman–Crippen LogP) is 3.35. The van der Waals surface area contributed by atoms with Crippen LogP contribution in [-0.2, 0) is 5.60 Å². The second kappa shape index (κ2) is 5.53. The van der Waals surface area contributed by atoms with Gasteiger partial charge in [-0.2, -0.15) is 0 Å². The summed E-state index contributed by atoms with van der Waals surface area (Å²) < 4.78 is 27.8. The average Bonchev–Trinajstić information content (AvgIpc) is 2.84. The molecule has 0 amide bonds. The van der Waals surface area contributed by atoms with E-state index in [-0.39, 0.29) is 5.56 Å². The van der Waals surface area contributed by atoms with E-state index < -0.39 is 18.1 Å². The van der Waals surface area contributed by atoms with Gasteiger partial charge in [-0.25, -0.2) is 8.78 Å². The molecule has 0 aliphatic carbocycles. The van der Waals surface area contributed by atoms with Crippen molar-refractivity contribution in [2.75, 3.05) is 6.54 Å². The molecule has 0 aliphatic rings. The molecule has 0 saturated heterocycles. The van der Waals surface area contributed by atoms with Crippen molar-refractivity contribution >= 4 is 21.4 Å². The van der Waals surface area contributed by atoms with E-state index in [1.165, 1.54) is 0 Å². The number of fused-ring (bicyclic) bond motifs is 1. The Balaban J connectivity index is 2.47. The molecule has 1 heterocycles. The highest BCUT2D eigenvalue weighted by molar-refractivity contribution is 7.17. The zero-order chi connectivity index (χ0) is 14.0. The minimum absolute atomic E-state index is 0.252. The van der Waals surface area contributed by atoms with Crippen molar-refractivity contribution in [1.29, 1.82) is 0 Å². The van der Waals surface area contributed by atoms with E-state index in [0.29, 0.717) is 6.54 Å². The third-order valence-electron chi connectivity index (χ3n) is 3.42. The Morgan fingerprint density at radius 3 is 2.74 bits per heavy atom. The summed E-state index contributed by atoms with van der Waals surface area (Å²) in [6.07, 6.45) is -2.85. The van der Waals surface area contributed by atoms with Crippen LogP contribution >= 0.6 is 11.3 Å². The quantitative estimate of drug-likeness (QED) is 0.883. The molecule has 0 aliphatic heterocycles.